The van der Waals surface area contributed by atoms with Crippen molar-refractivity contribution in [3.63, 3.8) is 0 Å². The van der Waals surface area contributed by atoms with Crippen molar-refractivity contribution in [1.82, 2.24) is 4.90 Å². The average Bonchev–Trinajstić information content (AvgIpc) is 2.66. The van der Waals surface area contributed by atoms with Crippen LogP contribution in [0.1, 0.15) is 19.4 Å². The fourth-order valence-electron chi connectivity index (χ4n) is 2.44. The second-order valence-electron chi connectivity index (χ2n) is 6.33. The number of hydrogen-bond donors (Lipinski definition) is 2. The van der Waals surface area contributed by atoms with E-state index >= 15 is 0 Å². The predicted octanol–water partition coefficient (Wildman–Crippen LogP) is 3.19. The van der Waals surface area contributed by atoms with Gasteiger partial charge >= 0.3 is 0 Å². The van der Waals surface area contributed by atoms with Crippen molar-refractivity contribution in [3.8, 4) is 6.07 Å². The van der Waals surface area contributed by atoms with Gasteiger partial charge in [-0.2, -0.15) is 13.7 Å². The molecule has 0 unspecified atom stereocenters. The lowest BCUT2D eigenvalue weighted by atomic mass is 10.1. The van der Waals surface area contributed by atoms with Crippen LogP contribution in [0.3, 0.4) is 0 Å². The van der Waals surface area contributed by atoms with E-state index in [1.54, 1.807) is 4.90 Å². The van der Waals surface area contributed by atoms with Gasteiger partial charge in [-0.25, -0.2) is 0 Å². The third-order valence-electron chi connectivity index (χ3n) is 3.97. The Morgan fingerprint density at radius 2 is 1.79 bits per heavy atom. The maximum Gasteiger partial charge on any atom is 0.294 e. The van der Waals surface area contributed by atoms with Gasteiger partial charge in [0.05, 0.1) is 4.90 Å². The van der Waals surface area contributed by atoms with Gasteiger partial charge in [0, 0.05) is 24.5 Å². The summed E-state index contributed by atoms with van der Waals surface area (Å²) in [6, 6.07) is 16.5. The van der Waals surface area contributed by atoms with E-state index in [0.717, 1.165) is 5.56 Å². The minimum Gasteiger partial charge on any atom is -0.360 e. The molecule has 0 atom stereocenters. The SMILES string of the molecule is CC(C)N(Cc1ccccc1)C(=O)/C(C#N)=C\Nc1ccc(S(=O)(=O)O)cc1. The zero-order chi connectivity index (χ0) is 20.7. The molecule has 0 heterocycles. The summed E-state index contributed by atoms with van der Waals surface area (Å²) < 4.78 is 31.1. The summed E-state index contributed by atoms with van der Waals surface area (Å²) in [4.78, 5) is 14.2. The van der Waals surface area contributed by atoms with Crippen molar-refractivity contribution in [2.24, 2.45) is 0 Å². The molecule has 0 aromatic heterocycles. The molecule has 2 rings (SSSR count). The Morgan fingerprint density at radius 1 is 1.18 bits per heavy atom. The number of carbonyl (C=O) groups is 1. The molecule has 2 aromatic carbocycles. The average molecular weight is 399 g/mol. The number of carbonyl (C=O) groups excluding carboxylic acids is 1. The first kappa shape index (κ1) is 21.2. The summed E-state index contributed by atoms with van der Waals surface area (Å²) in [5.41, 5.74) is 1.34. The highest BCUT2D eigenvalue weighted by Gasteiger charge is 2.21. The van der Waals surface area contributed by atoms with Gasteiger partial charge in [0.2, 0.25) is 0 Å². The van der Waals surface area contributed by atoms with Crippen molar-refractivity contribution < 1.29 is 17.8 Å². The van der Waals surface area contributed by atoms with Crippen molar-refractivity contribution in [3.05, 3.63) is 71.9 Å². The molecule has 0 radical (unpaired) electrons. The summed E-state index contributed by atoms with van der Waals surface area (Å²) in [6.45, 7) is 4.12. The van der Waals surface area contributed by atoms with Gasteiger partial charge in [0.25, 0.3) is 16.0 Å². The molecule has 0 aliphatic heterocycles. The van der Waals surface area contributed by atoms with E-state index in [1.807, 2.05) is 50.2 Å². The van der Waals surface area contributed by atoms with E-state index in [0.29, 0.717) is 12.2 Å². The molecule has 8 heteroatoms. The number of benzene rings is 2. The van der Waals surface area contributed by atoms with Crippen LogP contribution in [-0.4, -0.2) is 29.8 Å². The van der Waals surface area contributed by atoms with Crippen LogP contribution in [0.5, 0.6) is 0 Å². The number of nitriles is 1. The molecule has 0 bridgehead atoms. The summed E-state index contributed by atoms with van der Waals surface area (Å²) in [5.74, 6) is -0.414. The van der Waals surface area contributed by atoms with E-state index in [2.05, 4.69) is 5.32 Å². The van der Waals surface area contributed by atoms with Crippen LogP contribution in [0.25, 0.3) is 0 Å². The summed E-state index contributed by atoms with van der Waals surface area (Å²) in [5, 5.41) is 12.2. The Labute approximate surface area is 164 Å². The number of rotatable bonds is 7. The molecule has 0 spiro atoms. The highest BCUT2D eigenvalue weighted by molar-refractivity contribution is 7.85. The zero-order valence-electron chi connectivity index (χ0n) is 15.5. The van der Waals surface area contributed by atoms with E-state index in [9.17, 15) is 18.5 Å². The summed E-state index contributed by atoms with van der Waals surface area (Å²) in [6.07, 6.45) is 1.28. The van der Waals surface area contributed by atoms with E-state index < -0.39 is 16.0 Å². The monoisotopic (exact) mass is 399 g/mol. The number of nitrogens with zero attached hydrogens (tertiary/aromatic N) is 2. The van der Waals surface area contributed by atoms with Gasteiger partial charge in [0.1, 0.15) is 11.6 Å². The van der Waals surface area contributed by atoms with Gasteiger partial charge in [-0.3, -0.25) is 9.35 Å². The first-order valence-corrected chi connectivity index (χ1v) is 9.95. The minimum atomic E-state index is -4.28. The van der Waals surface area contributed by atoms with Crippen LogP contribution in [0, 0.1) is 11.3 Å². The van der Waals surface area contributed by atoms with Crippen molar-refractivity contribution in [1.29, 1.82) is 5.26 Å². The van der Waals surface area contributed by atoms with Gasteiger partial charge in [0.15, 0.2) is 0 Å². The smallest absolute Gasteiger partial charge is 0.294 e. The van der Waals surface area contributed by atoms with Gasteiger partial charge in [-0.1, -0.05) is 30.3 Å². The minimum absolute atomic E-state index is 0.0801. The zero-order valence-corrected chi connectivity index (χ0v) is 16.3. The third-order valence-corrected chi connectivity index (χ3v) is 4.83. The number of hydrogen-bond acceptors (Lipinski definition) is 5. The molecule has 1 amide bonds. The Kier molecular flexibility index (Phi) is 6.93. The molecule has 2 aromatic rings. The standard InChI is InChI=1S/C20H21N3O4S/c1-15(2)23(14-16-6-4-3-5-7-16)20(24)17(12-21)13-22-18-8-10-19(11-9-18)28(25,26)27/h3-11,13,15,22H,14H2,1-2H3,(H,25,26,27)/b17-13-. The third kappa shape index (κ3) is 5.67. The van der Waals surface area contributed by atoms with E-state index in [-0.39, 0.29) is 16.5 Å². The molecule has 0 fully saturated rings. The fraction of sp³-hybridized carbons (Fsp3) is 0.200. The quantitative estimate of drug-likeness (QED) is 0.420. The van der Waals surface area contributed by atoms with Gasteiger partial charge in [-0.05, 0) is 43.7 Å². The number of anilines is 1. The highest BCUT2D eigenvalue weighted by atomic mass is 32.2. The molecule has 2 N–H and O–H groups in total. The van der Waals surface area contributed by atoms with Crippen LogP contribution in [-0.2, 0) is 21.5 Å². The van der Waals surface area contributed by atoms with Crippen LogP contribution >= 0.6 is 0 Å². The molecule has 7 nitrogen and oxygen atoms in total. The van der Waals surface area contributed by atoms with E-state index in [4.69, 9.17) is 4.55 Å². The molecule has 146 valence electrons. The molecular weight excluding hydrogens is 378 g/mol. The maximum absolute atomic E-state index is 12.8. The van der Waals surface area contributed by atoms with Crippen LogP contribution in [0.4, 0.5) is 5.69 Å². The Hall–Kier alpha value is -3.15. The maximum atomic E-state index is 12.8. The molecule has 0 aliphatic rings. The van der Waals surface area contributed by atoms with Gasteiger partial charge < -0.3 is 10.2 Å². The first-order valence-electron chi connectivity index (χ1n) is 8.51. The normalized spacial score (nSPS) is 11.8. The predicted molar refractivity (Wildman–Crippen MR) is 106 cm³/mol. The van der Waals surface area contributed by atoms with Crippen molar-refractivity contribution in [2.45, 2.75) is 31.3 Å². The lowest BCUT2D eigenvalue weighted by Gasteiger charge is -2.26. The lowest BCUT2D eigenvalue weighted by molar-refractivity contribution is -0.129. The molecular formula is C20H21N3O4S. The van der Waals surface area contributed by atoms with Crippen molar-refractivity contribution in [2.75, 3.05) is 5.32 Å². The fourth-order valence-corrected chi connectivity index (χ4v) is 2.92. The van der Waals surface area contributed by atoms with Gasteiger partial charge in [-0.15, -0.1) is 0 Å². The summed E-state index contributed by atoms with van der Waals surface area (Å²) >= 11 is 0. The highest BCUT2D eigenvalue weighted by Crippen LogP contribution is 2.16. The van der Waals surface area contributed by atoms with E-state index in [1.165, 1.54) is 30.5 Å². The first-order chi connectivity index (χ1) is 13.2. The van der Waals surface area contributed by atoms with Crippen LogP contribution in [0.2, 0.25) is 0 Å². The second kappa shape index (κ2) is 9.17. The molecule has 0 saturated carbocycles. The number of amides is 1. The van der Waals surface area contributed by atoms with Crippen molar-refractivity contribution >= 4 is 21.7 Å². The Morgan fingerprint density at radius 3 is 2.29 bits per heavy atom. The topological polar surface area (TPSA) is 111 Å². The molecule has 0 aliphatic carbocycles. The largest absolute Gasteiger partial charge is 0.360 e. The number of nitrogens with one attached hydrogen (secondary N) is 1. The van der Waals surface area contributed by atoms with Crippen LogP contribution < -0.4 is 5.32 Å². The molecule has 28 heavy (non-hydrogen) atoms. The molecule has 0 saturated heterocycles. The second-order valence-corrected chi connectivity index (χ2v) is 7.75. The lowest BCUT2D eigenvalue weighted by Crippen LogP contribution is -2.37. The van der Waals surface area contributed by atoms with Crippen LogP contribution in [0.15, 0.2) is 71.3 Å². The summed E-state index contributed by atoms with van der Waals surface area (Å²) in [7, 11) is -4.28. The Bertz CT molecular complexity index is 992. The Balaban J connectivity index is 2.17.